The first-order valence-corrected chi connectivity index (χ1v) is 19.1. The number of esters is 1. The highest BCUT2D eigenvalue weighted by Crippen LogP contribution is 2.12. The minimum Gasteiger partial charge on any atom is -0.465 e. The van der Waals surface area contributed by atoms with Gasteiger partial charge in [-0.05, 0) is 57.9 Å². The summed E-state index contributed by atoms with van der Waals surface area (Å²) in [7, 11) is 0. The van der Waals surface area contributed by atoms with E-state index in [0.29, 0.717) is 26.1 Å². The zero-order valence-electron chi connectivity index (χ0n) is 29.7. The number of amides is 1. The van der Waals surface area contributed by atoms with Crippen LogP contribution >= 0.6 is 0 Å². The monoisotopic (exact) mass is 619 g/mol. The van der Waals surface area contributed by atoms with Gasteiger partial charge in [0.25, 0.3) is 0 Å². The lowest BCUT2D eigenvalue weighted by Crippen LogP contribution is -2.34. The van der Waals surface area contributed by atoms with Gasteiger partial charge < -0.3 is 10.1 Å². The number of hydrogen-bond donors (Lipinski definition) is 1. The molecule has 0 rings (SSSR count). The molecule has 0 bridgehead atoms. The van der Waals surface area contributed by atoms with Crippen molar-refractivity contribution in [1.29, 1.82) is 0 Å². The molecular formula is C39H74N2O3. The molecule has 0 fully saturated rings. The third-order valence-electron chi connectivity index (χ3n) is 8.39. The van der Waals surface area contributed by atoms with Crippen molar-refractivity contribution in [1.82, 2.24) is 10.2 Å². The average molecular weight is 619 g/mol. The summed E-state index contributed by atoms with van der Waals surface area (Å²) in [4.78, 5) is 26.5. The van der Waals surface area contributed by atoms with Crippen molar-refractivity contribution in [2.45, 2.75) is 181 Å². The molecule has 5 nitrogen and oxygen atoms in total. The van der Waals surface area contributed by atoms with E-state index >= 15 is 0 Å². The van der Waals surface area contributed by atoms with Gasteiger partial charge in [0.05, 0.1) is 13.2 Å². The van der Waals surface area contributed by atoms with Gasteiger partial charge in [-0.1, -0.05) is 148 Å². The number of hydrogen-bond acceptors (Lipinski definition) is 4. The molecule has 0 aliphatic carbocycles. The van der Waals surface area contributed by atoms with Gasteiger partial charge in [0, 0.05) is 19.5 Å². The molecule has 0 radical (unpaired) electrons. The number of ether oxygens (including phenoxy) is 1. The summed E-state index contributed by atoms with van der Waals surface area (Å²) >= 11 is 0. The Morgan fingerprint density at radius 3 is 1.68 bits per heavy atom. The molecule has 0 aromatic heterocycles. The van der Waals surface area contributed by atoms with E-state index < -0.39 is 0 Å². The van der Waals surface area contributed by atoms with Gasteiger partial charge in [-0.15, -0.1) is 0 Å². The lowest BCUT2D eigenvalue weighted by molar-refractivity contribution is -0.145. The van der Waals surface area contributed by atoms with E-state index in [1.54, 1.807) is 0 Å². The van der Waals surface area contributed by atoms with Crippen LogP contribution in [-0.4, -0.2) is 49.6 Å². The van der Waals surface area contributed by atoms with E-state index in [1.165, 1.54) is 109 Å². The van der Waals surface area contributed by atoms with Crippen molar-refractivity contribution in [2.75, 3.05) is 32.8 Å². The van der Waals surface area contributed by atoms with Crippen LogP contribution in [0.3, 0.4) is 0 Å². The topological polar surface area (TPSA) is 58.6 Å². The smallest absolute Gasteiger partial charge is 0.320 e. The van der Waals surface area contributed by atoms with E-state index in [4.69, 9.17) is 4.74 Å². The fourth-order valence-corrected chi connectivity index (χ4v) is 5.42. The molecule has 0 saturated carbocycles. The first kappa shape index (κ1) is 42.4. The van der Waals surface area contributed by atoms with Crippen LogP contribution < -0.4 is 5.32 Å². The van der Waals surface area contributed by atoms with Gasteiger partial charge in [0.15, 0.2) is 0 Å². The SMILES string of the molecule is CCCCCC=CCC=CCCCCCCCC(=O)NCCCN(CC)CC(=O)OCCCCCCCCCCCCCC. The summed E-state index contributed by atoms with van der Waals surface area (Å²) in [6.07, 6.45) is 39.5. The van der Waals surface area contributed by atoms with Gasteiger partial charge in [0.1, 0.15) is 0 Å². The van der Waals surface area contributed by atoms with E-state index in [2.05, 4.69) is 55.3 Å². The summed E-state index contributed by atoms with van der Waals surface area (Å²) in [6.45, 7) is 9.75. The van der Waals surface area contributed by atoms with Crippen LogP contribution in [0.4, 0.5) is 0 Å². The van der Waals surface area contributed by atoms with Crippen LogP contribution in [0.1, 0.15) is 181 Å². The summed E-state index contributed by atoms with van der Waals surface area (Å²) in [5, 5.41) is 3.05. The molecule has 0 heterocycles. The van der Waals surface area contributed by atoms with Gasteiger partial charge in [-0.25, -0.2) is 0 Å². The molecule has 0 atom stereocenters. The van der Waals surface area contributed by atoms with Crippen molar-refractivity contribution in [3.63, 3.8) is 0 Å². The third kappa shape index (κ3) is 33.3. The van der Waals surface area contributed by atoms with Gasteiger partial charge >= 0.3 is 5.97 Å². The predicted octanol–water partition coefficient (Wildman–Crippen LogP) is 10.9. The minimum atomic E-state index is -0.125. The summed E-state index contributed by atoms with van der Waals surface area (Å²) < 4.78 is 5.47. The number of rotatable bonds is 34. The number of nitrogens with zero attached hydrogens (tertiary/aromatic N) is 1. The Bertz CT molecular complexity index is 676. The van der Waals surface area contributed by atoms with E-state index in [9.17, 15) is 9.59 Å². The Morgan fingerprint density at radius 1 is 0.591 bits per heavy atom. The maximum Gasteiger partial charge on any atom is 0.320 e. The molecule has 44 heavy (non-hydrogen) atoms. The van der Waals surface area contributed by atoms with E-state index in [1.807, 2.05) is 0 Å². The summed E-state index contributed by atoms with van der Waals surface area (Å²) in [6, 6.07) is 0. The Balaban J connectivity index is 3.55. The van der Waals surface area contributed by atoms with Gasteiger partial charge in [-0.3, -0.25) is 14.5 Å². The Morgan fingerprint density at radius 2 is 1.09 bits per heavy atom. The van der Waals surface area contributed by atoms with Crippen LogP contribution in [0, 0.1) is 0 Å². The van der Waals surface area contributed by atoms with E-state index in [-0.39, 0.29) is 11.9 Å². The maximum absolute atomic E-state index is 12.2. The molecule has 1 N–H and O–H groups in total. The summed E-state index contributed by atoms with van der Waals surface area (Å²) in [5.41, 5.74) is 0. The summed E-state index contributed by atoms with van der Waals surface area (Å²) in [5.74, 6) is 0.0286. The number of unbranched alkanes of at least 4 members (excludes halogenated alkanes) is 19. The minimum absolute atomic E-state index is 0.125. The predicted molar refractivity (Wildman–Crippen MR) is 191 cm³/mol. The molecule has 0 aromatic carbocycles. The zero-order chi connectivity index (χ0) is 32.2. The highest BCUT2D eigenvalue weighted by atomic mass is 16.5. The number of carbonyl (C=O) groups excluding carboxylic acids is 2. The molecule has 0 aliphatic rings. The molecule has 0 unspecified atom stereocenters. The first-order chi connectivity index (χ1) is 21.6. The number of nitrogens with one attached hydrogen (secondary N) is 1. The quantitative estimate of drug-likeness (QED) is 0.0443. The van der Waals surface area contributed by atoms with Crippen molar-refractivity contribution in [2.24, 2.45) is 0 Å². The van der Waals surface area contributed by atoms with Crippen LogP contribution in [0.5, 0.6) is 0 Å². The van der Waals surface area contributed by atoms with Crippen molar-refractivity contribution in [3.8, 4) is 0 Å². The molecule has 0 spiro atoms. The second kappa shape index (κ2) is 35.9. The molecule has 1 amide bonds. The molecule has 0 aliphatic heterocycles. The van der Waals surface area contributed by atoms with Crippen LogP contribution in [-0.2, 0) is 14.3 Å². The largest absolute Gasteiger partial charge is 0.465 e. The second-order valence-electron chi connectivity index (χ2n) is 12.7. The van der Waals surface area contributed by atoms with Gasteiger partial charge in [0.2, 0.25) is 5.91 Å². The van der Waals surface area contributed by atoms with Crippen molar-refractivity contribution < 1.29 is 14.3 Å². The zero-order valence-corrected chi connectivity index (χ0v) is 29.7. The average Bonchev–Trinajstić information content (AvgIpc) is 3.02. The number of carbonyl (C=O) groups is 2. The van der Waals surface area contributed by atoms with Gasteiger partial charge in [-0.2, -0.15) is 0 Å². The normalized spacial score (nSPS) is 11.7. The maximum atomic E-state index is 12.2. The molecule has 5 heteroatoms. The Labute approximate surface area is 274 Å². The van der Waals surface area contributed by atoms with Crippen molar-refractivity contribution in [3.05, 3.63) is 24.3 Å². The fraction of sp³-hybridized carbons (Fsp3) is 0.846. The van der Waals surface area contributed by atoms with Crippen LogP contribution in [0.2, 0.25) is 0 Å². The number of likely N-dealkylation sites (N-methyl/N-ethyl adjacent to an activating group) is 1. The lowest BCUT2D eigenvalue weighted by atomic mass is 10.1. The fourth-order valence-electron chi connectivity index (χ4n) is 5.42. The number of allylic oxidation sites excluding steroid dienone is 4. The molecule has 0 saturated heterocycles. The van der Waals surface area contributed by atoms with Crippen LogP contribution in [0.15, 0.2) is 24.3 Å². The Hall–Kier alpha value is -1.62. The van der Waals surface area contributed by atoms with Crippen molar-refractivity contribution >= 4 is 11.9 Å². The highest BCUT2D eigenvalue weighted by molar-refractivity contribution is 5.75. The lowest BCUT2D eigenvalue weighted by Gasteiger charge is -2.19. The molecule has 258 valence electrons. The first-order valence-electron chi connectivity index (χ1n) is 19.1. The van der Waals surface area contributed by atoms with Crippen LogP contribution in [0.25, 0.3) is 0 Å². The van der Waals surface area contributed by atoms with E-state index in [0.717, 1.165) is 58.0 Å². The Kier molecular flexibility index (Phi) is 34.5. The molecular weight excluding hydrogens is 544 g/mol. The highest BCUT2D eigenvalue weighted by Gasteiger charge is 2.10. The molecule has 0 aromatic rings. The third-order valence-corrected chi connectivity index (χ3v) is 8.39. The standard InChI is InChI=1S/C39H74N2O3/c1-4-7-9-11-13-15-17-19-20-21-22-24-26-28-30-33-38(42)40-34-32-35-41(6-3)37-39(43)44-36-31-29-27-25-23-18-16-14-12-10-8-5-2/h13,15,19-20H,4-12,14,16-18,21-37H2,1-3H3,(H,40,42). The second-order valence-corrected chi connectivity index (χ2v) is 12.7.